The van der Waals surface area contributed by atoms with Crippen LogP contribution in [0.1, 0.15) is 30.1 Å². The molecule has 0 aromatic heterocycles. The van der Waals surface area contributed by atoms with Crippen LogP contribution in [0.15, 0.2) is 30.3 Å². The van der Waals surface area contributed by atoms with E-state index in [1.165, 1.54) is 6.92 Å². The normalized spacial score (nSPS) is 12.1. The van der Waals surface area contributed by atoms with Gasteiger partial charge >= 0.3 is 0 Å². The molecular formula is C11H13NO3. The Hall–Kier alpha value is -1.71. The number of hydrogen-bond donors (Lipinski definition) is 0. The Labute approximate surface area is 88.1 Å². The molecule has 0 saturated carbocycles. The van der Waals surface area contributed by atoms with E-state index in [1.807, 2.05) is 6.07 Å². The summed E-state index contributed by atoms with van der Waals surface area (Å²) in [6.45, 7) is 1.51. The Morgan fingerprint density at radius 3 is 2.53 bits per heavy atom. The zero-order valence-corrected chi connectivity index (χ0v) is 8.55. The zero-order valence-electron chi connectivity index (χ0n) is 8.55. The van der Waals surface area contributed by atoms with Crippen LogP contribution in [0, 0.1) is 10.1 Å². The molecule has 1 rings (SSSR count). The lowest BCUT2D eigenvalue weighted by Gasteiger charge is -2.02. The minimum Gasteiger partial charge on any atom is -0.294 e. The van der Waals surface area contributed by atoms with Crippen molar-refractivity contribution in [2.45, 2.75) is 25.8 Å². The van der Waals surface area contributed by atoms with Gasteiger partial charge in [-0.1, -0.05) is 30.3 Å². The van der Waals surface area contributed by atoms with Gasteiger partial charge in [0.15, 0.2) is 5.78 Å². The average molecular weight is 207 g/mol. The first-order chi connectivity index (χ1) is 7.11. The molecule has 0 N–H and O–H groups in total. The summed E-state index contributed by atoms with van der Waals surface area (Å²) in [7, 11) is 0. The van der Waals surface area contributed by atoms with E-state index < -0.39 is 6.04 Å². The number of carbonyl (C=O) groups excluding carboxylic acids is 1. The molecular weight excluding hydrogens is 194 g/mol. The lowest BCUT2D eigenvalue weighted by atomic mass is 10.0. The van der Waals surface area contributed by atoms with Crippen LogP contribution in [0.25, 0.3) is 0 Å². The number of nitrogens with zero attached hydrogens (tertiary/aromatic N) is 1. The highest BCUT2D eigenvalue weighted by atomic mass is 16.6. The summed E-state index contributed by atoms with van der Waals surface area (Å²) in [5.74, 6) is -0.0377. The van der Waals surface area contributed by atoms with E-state index >= 15 is 0 Å². The van der Waals surface area contributed by atoms with Gasteiger partial charge in [-0.25, -0.2) is 0 Å². The fourth-order valence-electron chi connectivity index (χ4n) is 1.21. The number of Topliss-reactive ketones (excluding diaryl/α,β-unsaturated/α-hetero) is 1. The van der Waals surface area contributed by atoms with Crippen LogP contribution in [-0.2, 0) is 0 Å². The van der Waals surface area contributed by atoms with Crippen molar-refractivity contribution < 1.29 is 9.72 Å². The van der Waals surface area contributed by atoms with Gasteiger partial charge in [0.25, 0.3) is 0 Å². The summed E-state index contributed by atoms with van der Waals surface area (Å²) < 4.78 is 0. The van der Waals surface area contributed by atoms with Crippen LogP contribution in [0.4, 0.5) is 0 Å². The molecule has 0 radical (unpaired) electrons. The maximum absolute atomic E-state index is 11.5. The van der Waals surface area contributed by atoms with E-state index in [9.17, 15) is 14.9 Å². The van der Waals surface area contributed by atoms with Crippen LogP contribution in [-0.4, -0.2) is 16.7 Å². The summed E-state index contributed by atoms with van der Waals surface area (Å²) in [4.78, 5) is 21.5. The maximum Gasteiger partial charge on any atom is 0.210 e. The first-order valence-electron chi connectivity index (χ1n) is 4.83. The number of carbonyl (C=O) groups is 1. The monoisotopic (exact) mass is 207 g/mol. The molecule has 0 spiro atoms. The van der Waals surface area contributed by atoms with E-state index in [-0.39, 0.29) is 17.1 Å². The molecule has 1 unspecified atom stereocenters. The fraction of sp³-hybridized carbons (Fsp3) is 0.364. The Balaban J connectivity index is 2.47. The first-order valence-corrected chi connectivity index (χ1v) is 4.83. The van der Waals surface area contributed by atoms with Gasteiger partial charge < -0.3 is 0 Å². The summed E-state index contributed by atoms with van der Waals surface area (Å²) in [6.07, 6.45) is 0.521. The summed E-state index contributed by atoms with van der Waals surface area (Å²) in [5, 5.41) is 10.3. The second-order valence-corrected chi connectivity index (χ2v) is 3.46. The third kappa shape index (κ3) is 3.50. The van der Waals surface area contributed by atoms with Crippen LogP contribution in [0.5, 0.6) is 0 Å². The quantitative estimate of drug-likeness (QED) is 0.423. The average Bonchev–Trinajstić information content (AvgIpc) is 2.26. The molecule has 4 heteroatoms. The molecule has 0 aliphatic rings. The van der Waals surface area contributed by atoms with Gasteiger partial charge in [-0.15, -0.1) is 0 Å². The molecule has 0 saturated heterocycles. The third-order valence-electron chi connectivity index (χ3n) is 2.24. The van der Waals surface area contributed by atoms with Crippen LogP contribution in [0.3, 0.4) is 0 Å². The van der Waals surface area contributed by atoms with Crippen LogP contribution >= 0.6 is 0 Å². The number of hydrogen-bond acceptors (Lipinski definition) is 3. The predicted molar refractivity (Wildman–Crippen MR) is 56.5 cm³/mol. The van der Waals surface area contributed by atoms with Crippen molar-refractivity contribution in [3.63, 3.8) is 0 Å². The molecule has 1 aromatic rings. The lowest BCUT2D eigenvalue weighted by molar-refractivity contribution is -0.518. The van der Waals surface area contributed by atoms with Crippen molar-refractivity contribution in [1.82, 2.24) is 0 Å². The van der Waals surface area contributed by atoms with Crippen LogP contribution in [0.2, 0.25) is 0 Å². The molecule has 1 aromatic carbocycles. The van der Waals surface area contributed by atoms with Gasteiger partial charge in [-0.05, 0) is 0 Å². The highest BCUT2D eigenvalue weighted by Gasteiger charge is 2.15. The number of nitro groups is 1. The highest BCUT2D eigenvalue weighted by molar-refractivity contribution is 5.95. The minimum absolute atomic E-state index is 0.0377. The molecule has 80 valence electrons. The SMILES string of the molecule is CC(CCC(=O)c1ccccc1)[N+](=O)[O-]. The highest BCUT2D eigenvalue weighted by Crippen LogP contribution is 2.07. The lowest BCUT2D eigenvalue weighted by Crippen LogP contribution is -2.16. The number of benzene rings is 1. The third-order valence-corrected chi connectivity index (χ3v) is 2.24. The summed E-state index contributed by atoms with van der Waals surface area (Å²) >= 11 is 0. The van der Waals surface area contributed by atoms with E-state index in [4.69, 9.17) is 0 Å². The van der Waals surface area contributed by atoms with Crippen molar-refractivity contribution in [1.29, 1.82) is 0 Å². The van der Waals surface area contributed by atoms with Gasteiger partial charge in [0.2, 0.25) is 6.04 Å². The largest absolute Gasteiger partial charge is 0.294 e. The second-order valence-electron chi connectivity index (χ2n) is 3.46. The van der Waals surface area contributed by atoms with Crippen molar-refractivity contribution >= 4 is 5.78 Å². The zero-order chi connectivity index (χ0) is 11.3. The molecule has 0 fully saturated rings. The van der Waals surface area contributed by atoms with Crippen LogP contribution < -0.4 is 0 Å². The topological polar surface area (TPSA) is 60.2 Å². The fourth-order valence-corrected chi connectivity index (χ4v) is 1.21. The molecule has 4 nitrogen and oxygen atoms in total. The predicted octanol–water partition coefficient (Wildman–Crippen LogP) is 2.31. The van der Waals surface area contributed by atoms with Crippen molar-refractivity contribution in [3.8, 4) is 0 Å². The summed E-state index contributed by atoms with van der Waals surface area (Å²) in [5.41, 5.74) is 0.619. The Morgan fingerprint density at radius 2 is 2.00 bits per heavy atom. The number of ketones is 1. The molecule has 0 aliphatic carbocycles. The van der Waals surface area contributed by atoms with Crippen molar-refractivity contribution in [3.05, 3.63) is 46.0 Å². The van der Waals surface area contributed by atoms with Gasteiger partial charge in [0.05, 0.1) is 0 Å². The Bertz CT molecular complexity index is 348. The Morgan fingerprint density at radius 1 is 1.40 bits per heavy atom. The van der Waals surface area contributed by atoms with Gasteiger partial charge in [0.1, 0.15) is 0 Å². The van der Waals surface area contributed by atoms with E-state index in [0.717, 1.165) is 0 Å². The van der Waals surface area contributed by atoms with E-state index in [0.29, 0.717) is 12.0 Å². The van der Waals surface area contributed by atoms with Crippen molar-refractivity contribution in [2.75, 3.05) is 0 Å². The van der Waals surface area contributed by atoms with Crippen molar-refractivity contribution in [2.24, 2.45) is 0 Å². The van der Waals surface area contributed by atoms with E-state index in [1.54, 1.807) is 24.3 Å². The standard InChI is InChI=1S/C11H13NO3/c1-9(12(14)15)7-8-11(13)10-5-3-2-4-6-10/h2-6,9H,7-8H2,1H3. The smallest absolute Gasteiger partial charge is 0.210 e. The van der Waals surface area contributed by atoms with Gasteiger partial charge in [-0.2, -0.15) is 0 Å². The van der Waals surface area contributed by atoms with Gasteiger partial charge in [0, 0.05) is 30.3 Å². The Kier molecular flexibility index (Phi) is 3.97. The number of rotatable bonds is 5. The summed E-state index contributed by atoms with van der Waals surface area (Å²) in [6, 6.07) is 8.18. The molecule has 15 heavy (non-hydrogen) atoms. The first kappa shape index (κ1) is 11.4. The molecule has 0 bridgehead atoms. The van der Waals surface area contributed by atoms with Gasteiger partial charge in [-0.3, -0.25) is 14.9 Å². The maximum atomic E-state index is 11.5. The second kappa shape index (κ2) is 5.24. The van der Waals surface area contributed by atoms with E-state index in [2.05, 4.69) is 0 Å². The molecule has 0 aliphatic heterocycles. The molecule has 0 amide bonds. The minimum atomic E-state index is -0.655. The molecule has 1 atom stereocenters. The molecule has 0 heterocycles.